The second-order valence-corrected chi connectivity index (χ2v) is 13.6. The van der Waals surface area contributed by atoms with Crippen LogP contribution in [0, 0.1) is 0 Å². The molecular weight excluding hydrogens is 629 g/mol. The number of rotatable bonds is 6. The predicted molar refractivity (Wildman–Crippen MR) is 213 cm³/mol. The van der Waals surface area contributed by atoms with Gasteiger partial charge in [-0.3, -0.25) is 0 Å². The van der Waals surface area contributed by atoms with Crippen molar-refractivity contribution in [3.05, 3.63) is 182 Å². The van der Waals surface area contributed by atoms with Gasteiger partial charge in [0.2, 0.25) is 0 Å². The molecule has 3 nitrogen and oxygen atoms in total. The number of nitrogens with zero attached hydrogens (tertiary/aromatic N) is 2. The van der Waals surface area contributed by atoms with Crippen LogP contribution < -0.4 is 9.80 Å². The minimum Gasteiger partial charge on any atom is -0.454 e. The molecule has 0 bridgehead atoms. The lowest BCUT2D eigenvalue weighted by molar-refractivity contribution is 0.669. The number of hydrogen-bond acceptors (Lipinski definition) is 4. The molecule has 0 aliphatic heterocycles. The quantitative estimate of drug-likeness (QED) is 0.177. The Morgan fingerprint density at radius 2 is 1.00 bits per heavy atom. The van der Waals surface area contributed by atoms with Gasteiger partial charge in [-0.1, -0.05) is 103 Å². The summed E-state index contributed by atoms with van der Waals surface area (Å²) in [5.74, 6) is 0. The summed E-state index contributed by atoms with van der Waals surface area (Å²) in [6.45, 7) is 0. The number of hydrogen-bond donors (Lipinski definition) is 0. The van der Waals surface area contributed by atoms with Gasteiger partial charge in [0.25, 0.3) is 0 Å². The molecule has 0 N–H and O–H groups in total. The number of benzene rings is 8. The van der Waals surface area contributed by atoms with E-state index in [1.165, 1.54) is 30.9 Å². The number of para-hydroxylation sites is 3. The minimum atomic E-state index is 0.838. The molecule has 0 saturated carbocycles. The molecule has 0 unspecified atom stereocenters. The lowest BCUT2D eigenvalue weighted by Gasteiger charge is -2.33. The highest BCUT2D eigenvalue weighted by Crippen LogP contribution is 2.52. The Bertz CT molecular complexity index is 2780. The maximum atomic E-state index is 7.05. The molecule has 0 aliphatic rings. The van der Waals surface area contributed by atoms with Crippen LogP contribution >= 0.6 is 11.3 Å². The standard InChI is InChI=1S/C46H30N2OS/c1-4-15-32(16-5-1)47(33-17-6-2-7-18-33)40-27-26-38-44-36-21-11-10-14-31(36)24-28-41(44)49-46(38)45(40)48(34-19-8-3-9-20-34)35-25-29-43-39(30-35)37-22-12-13-23-42(37)50-43/h1-30H. The highest BCUT2D eigenvalue weighted by atomic mass is 32.1. The lowest BCUT2D eigenvalue weighted by atomic mass is 10.0. The molecule has 10 rings (SSSR count). The summed E-state index contributed by atoms with van der Waals surface area (Å²) in [6.07, 6.45) is 0. The number of furan rings is 1. The molecule has 10 aromatic rings. The van der Waals surface area contributed by atoms with Crippen LogP contribution in [0.4, 0.5) is 34.1 Å². The topological polar surface area (TPSA) is 19.6 Å². The van der Waals surface area contributed by atoms with Gasteiger partial charge < -0.3 is 14.2 Å². The molecule has 0 spiro atoms. The monoisotopic (exact) mass is 658 g/mol. The summed E-state index contributed by atoms with van der Waals surface area (Å²) < 4.78 is 9.61. The van der Waals surface area contributed by atoms with E-state index in [4.69, 9.17) is 4.42 Å². The second kappa shape index (κ2) is 11.7. The van der Waals surface area contributed by atoms with Crippen molar-refractivity contribution >= 4 is 98.3 Å². The van der Waals surface area contributed by atoms with E-state index in [1.807, 2.05) is 11.3 Å². The van der Waals surface area contributed by atoms with Crippen LogP contribution in [0.25, 0.3) is 52.9 Å². The molecule has 0 aliphatic carbocycles. The van der Waals surface area contributed by atoms with Crippen molar-refractivity contribution in [2.75, 3.05) is 9.80 Å². The van der Waals surface area contributed by atoms with Crippen LogP contribution in [0.1, 0.15) is 0 Å². The molecule has 8 aromatic carbocycles. The molecule has 0 radical (unpaired) electrons. The third kappa shape index (κ3) is 4.57. The second-order valence-electron chi connectivity index (χ2n) is 12.5. The third-order valence-electron chi connectivity index (χ3n) is 9.61. The maximum absolute atomic E-state index is 7.05. The van der Waals surface area contributed by atoms with E-state index in [-0.39, 0.29) is 0 Å². The number of fused-ring (bicyclic) bond motifs is 8. The van der Waals surface area contributed by atoms with Gasteiger partial charge in [0.15, 0.2) is 5.58 Å². The zero-order chi connectivity index (χ0) is 33.0. The smallest absolute Gasteiger partial charge is 0.161 e. The van der Waals surface area contributed by atoms with Gasteiger partial charge in [0.05, 0.1) is 5.69 Å². The van der Waals surface area contributed by atoms with E-state index >= 15 is 0 Å². The van der Waals surface area contributed by atoms with E-state index in [2.05, 4.69) is 192 Å². The first-order valence-corrected chi connectivity index (χ1v) is 17.7. The van der Waals surface area contributed by atoms with Gasteiger partial charge >= 0.3 is 0 Å². The van der Waals surface area contributed by atoms with Crippen LogP contribution in [0.15, 0.2) is 186 Å². The molecular formula is C46H30N2OS. The Hall–Kier alpha value is -6.36. The van der Waals surface area contributed by atoms with E-state index in [1.54, 1.807) is 0 Å². The van der Waals surface area contributed by atoms with Crippen molar-refractivity contribution in [1.82, 2.24) is 0 Å². The Morgan fingerprint density at radius 3 is 1.72 bits per heavy atom. The number of anilines is 6. The Morgan fingerprint density at radius 1 is 0.400 bits per heavy atom. The van der Waals surface area contributed by atoms with E-state index in [0.29, 0.717) is 0 Å². The zero-order valence-electron chi connectivity index (χ0n) is 27.0. The average Bonchev–Trinajstić information content (AvgIpc) is 3.76. The zero-order valence-corrected chi connectivity index (χ0v) is 27.8. The Labute approximate surface area is 293 Å². The van der Waals surface area contributed by atoms with Crippen LogP contribution in [0.2, 0.25) is 0 Å². The molecule has 0 saturated heterocycles. The third-order valence-corrected chi connectivity index (χ3v) is 10.8. The fraction of sp³-hybridized carbons (Fsp3) is 0. The highest BCUT2D eigenvalue weighted by molar-refractivity contribution is 7.25. The van der Waals surface area contributed by atoms with Crippen LogP contribution in [0.5, 0.6) is 0 Å². The van der Waals surface area contributed by atoms with Crippen molar-refractivity contribution in [1.29, 1.82) is 0 Å². The maximum Gasteiger partial charge on any atom is 0.161 e. The van der Waals surface area contributed by atoms with Gasteiger partial charge in [-0.2, -0.15) is 0 Å². The number of thiophene rings is 1. The molecule has 236 valence electrons. The predicted octanol–water partition coefficient (Wildman–Crippen LogP) is 14.0. The molecule has 2 aromatic heterocycles. The van der Waals surface area contributed by atoms with Gasteiger partial charge in [0, 0.05) is 53.7 Å². The average molecular weight is 659 g/mol. The normalized spacial score (nSPS) is 11.6. The van der Waals surface area contributed by atoms with Gasteiger partial charge in [-0.15, -0.1) is 11.3 Å². The van der Waals surface area contributed by atoms with Gasteiger partial charge in [-0.05, 0) is 89.6 Å². The molecule has 0 amide bonds. The SMILES string of the molecule is c1ccc(N(c2ccccc2)c2ccc3c(oc4ccc5ccccc5c43)c2N(c2ccccc2)c2ccc3sc4ccccc4c3c2)cc1. The fourth-order valence-corrected chi connectivity index (χ4v) is 8.49. The summed E-state index contributed by atoms with van der Waals surface area (Å²) in [7, 11) is 0. The molecule has 2 heterocycles. The van der Waals surface area contributed by atoms with Crippen LogP contribution in [0.3, 0.4) is 0 Å². The molecule has 0 fully saturated rings. The molecule has 50 heavy (non-hydrogen) atoms. The van der Waals surface area contributed by atoms with Crippen molar-refractivity contribution < 1.29 is 4.42 Å². The molecule has 4 heteroatoms. The summed E-state index contributed by atoms with van der Waals surface area (Å²) >= 11 is 1.84. The first-order valence-electron chi connectivity index (χ1n) is 16.9. The summed E-state index contributed by atoms with van der Waals surface area (Å²) in [4.78, 5) is 4.72. The molecule has 0 atom stereocenters. The first kappa shape index (κ1) is 28.6. The van der Waals surface area contributed by atoms with Gasteiger partial charge in [0.1, 0.15) is 11.3 Å². The fourth-order valence-electron chi connectivity index (χ4n) is 7.40. The van der Waals surface area contributed by atoms with Gasteiger partial charge in [-0.25, -0.2) is 0 Å². The van der Waals surface area contributed by atoms with E-state index in [9.17, 15) is 0 Å². The lowest BCUT2D eigenvalue weighted by Crippen LogP contribution is -2.17. The highest BCUT2D eigenvalue weighted by Gasteiger charge is 2.28. The van der Waals surface area contributed by atoms with Crippen LogP contribution in [-0.4, -0.2) is 0 Å². The first-order chi connectivity index (χ1) is 24.8. The summed E-state index contributed by atoms with van der Waals surface area (Å²) in [5, 5.41) is 7.10. The van der Waals surface area contributed by atoms with Crippen molar-refractivity contribution in [2.45, 2.75) is 0 Å². The Balaban J connectivity index is 1.35. The minimum absolute atomic E-state index is 0.838. The van der Waals surface area contributed by atoms with Crippen molar-refractivity contribution in [2.24, 2.45) is 0 Å². The van der Waals surface area contributed by atoms with Crippen molar-refractivity contribution in [3.63, 3.8) is 0 Å². The van der Waals surface area contributed by atoms with Crippen molar-refractivity contribution in [3.8, 4) is 0 Å². The summed E-state index contributed by atoms with van der Waals surface area (Å²) in [6, 6.07) is 64.8. The van der Waals surface area contributed by atoms with E-state index < -0.39 is 0 Å². The van der Waals surface area contributed by atoms with Crippen LogP contribution in [-0.2, 0) is 0 Å². The van der Waals surface area contributed by atoms with E-state index in [0.717, 1.165) is 56.1 Å². The largest absolute Gasteiger partial charge is 0.454 e. The Kier molecular flexibility index (Phi) is 6.68. The summed E-state index contributed by atoms with van der Waals surface area (Å²) in [5.41, 5.74) is 7.93.